The highest BCUT2D eigenvalue weighted by atomic mass is 35.5. The molecule has 7 heteroatoms. The number of aromatic nitrogens is 2. The summed E-state index contributed by atoms with van der Waals surface area (Å²) < 4.78 is 16.1. The Morgan fingerprint density at radius 3 is 2.92 bits per heavy atom. The summed E-state index contributed by atoms with van der Waals surface area (Å²) in [4.78, 5) is 16.6. The molecule has 1 aliphatic rings. The molecular weight excluding hydrogens is 356 g/mol. The van der Waals surface area contributed by atoms with E-state index in [2.05, 4.69) is 10.1 Å². The lowest BCUT2D eigenvalue weighted by atomic mass is 9.97. The molecule has 0 N–H and O–H groups in total. The van der Waals surface area contributed by atoms with Crippen molar-refractivity contribution in [3.63, 3.8) is 0 Å². The van der Waals surface area contributed by atoms with E-state index in [-0.39, 0.29) is 25.1 Å². The zero-order valence-corrected chi connectivity index (χ0v) is 14.5. The third-order valence-electron chi connectivity index (χ3n) is 4.10. The Hall–Kier alpha value is -2.86. The van der Waals surface area contributed by atoms with Crippen LogP contribution in [0.3, 0.4) is 0 Å². The average Bonchev–Trinajstić information content (AvgIpc) is 3.15. The smallest absolute Gasteiger partial charge is 0.313 e. The third kappa shape index (κ3) is 3.55. The first-order valence-corrected chi connectivity index (χ1v) is 8.53. The number of rotatable bonds is 4. The molecule has 2 aromatic carbocycles. The molecule has 0 bridgehead atoms. The second-order valence-corrected chi connectivity index (χ2v) is 6.39. The number of nitrogens with zero attached hydrogens (tertiary/aromatic N) is 2. The third-order valence-corrected chi connectivity index (χ3v) is 4.34. The highest BCUT2D eigenvalue weighted by molar-refractivity contribution is 6.30. The minimum Gasteiger partial charge on any atom is -0.492 e. The number of esters is 1. The first-order chi connectivity index (χ1) is 12.7. The zero-order chi connectivity index (χ0) is 17.9. The monoisotopic (exact) mass is 370 g/mol. The Labute approximate surface area is 154 Å². The average molecular weight is 371 g/mol. The van der Waals surface area contributed by atoms with E-state index in [1.165, 1.54) is 0 Å². The fraction of sp³-hybridized carbons (Fsp3) is 0.211. The highest BCUT2D eigenvalue weighted by Gasteiger charge is 2.28. The van der Waals surface area contributed by atoms with Crippen LogP contribution in [0.15, 0.2) is 53.1 Å². The SMILES string of the molecule is O=C(OCc1nc(-c2ccccc2)no1)[C@@H]1COc2ccc(Cl)cc2C1. The lowest BCUT2D eigenvalue weighted by Gasteiger charge is -2.23. The van der Waals surface area contributed by atoms with Gasteiger partial charge in [0, 0.05) is 10.6 Å². The number of hydrogen-bond acceptors (Lipinski definition) is 6. The minimum absolute atomic E-state index is 0.0719. The maximum absolute atomic E-state index is 12.3. The van der Waals surface area contributed by atoms with E-state index in [1.807, 2.05) is 36.4 Å². The van der Waals surface area contributed by atoms with Crippen molar-refractivity contribution in [1.82, 2.24) is 10.1 Å². The molecule has 0 aliphatic carbocycles. The predicted molar refractivity (Wildman–Crippen MR) is 93.7 cm³/mol. The zero-order valence-electron chi connectivity index (χ0n) is 13.7. The number of hydrogen-bond donors (Lipinski definition) is 0. The molecule has 0 unspecified atom stereocenters. The summed E-state index contributed by atoms with van der Waals surface area (Å²) in [6, 6.07) is 14.8. The Balaban J connectivity index is 1.37. The first kappa shape index (κ1) is 16.6. The van der Waals surface area contributed by atoms with E-state index in [9.17, 15) is 4.79 Å². The number of ether oxygens (including phenoxy) is 2. The predicted octanol–water partition coefficient (Wildman–Crippen LogP) is 3.68. The van der Waals surface area contributed by atoms with Crippen molar-refractivity contribution in [2.75, 3.05) is 6.61 Å². The Kier molecular flexibility index (Phi) is 4.58. The van der Waals surface area contributed by atoms with Gasteiger partial charge < -0.3 is 14.0 Å². The van der Waals surface area contributed by atoms with Crippen LogP contribution in [0.4, 0.5) is 0 Å². The van der Waals surface area contributed by atoms with Gasteiger partial charge in [-0.3, -0.25) is 4.79 Å². The Morgan fingerprint density at radius 1 is 1.23 bits per heavy atom. The topological polar surface area (TPSA) is 74.5 Å². The number of carbonyl (C=O) groups is 1. The van der Waals surface area contributed by atoms with Crippen LogP contribution in [0.2, 0.25) is 5.02 Å². The Morgan fingerprint density at radius 2 is 2.08 bits per heavy atom. The summed E-state index contributed by atoms with van der Waals surface area (Å²) in [5.41, 5.74) is 1.73. The van der Waals surface area contributed by atoms with Gasteiger partial charge in [-0.15, -0.1) is 0 Å². The van der Waals surface area contributed by atoms with Gasteiger partial charge >= 0.3 is 5.97 Å². The van der Waals surface area contributed by atoms with Gasteiger partial charge in [0.1, 0.15) is 12.4 Å². The summed E-state index contributed by atoms with van der Waals surface area (Å²) in [6.45, 7) is 0.199. The maximum Gasteiger partial charge on any atom is 0.313 e. The van der Waals surface area contributed by atoms with Crippen molar-refractivity contribution in [1.29, 1.82) is 0 Å². The summed E-state index contributed by atoms with van der Waals surface area (Å²) in [6.07, 6.45) is 0.522. The van der Waals surface area contributed by atoms with Gasteiger partial charge in [-0.25, -0.2) is 0 Å². The lowest BCUT2D eigenvalue weighted by molar-refractivity contribution is -0.152. The number of halogens is 1. The Bertz CT molecular complexity index is 926. The molecule has 0 radical (unpaired) electrons. The molecule has 1 aromatic heterocycles. The lowest BCUT2D eigenvalue weighted by Crippen LogP contribution is -2.29. The van der Waals surface area contributed by atoms with Crippen LogP contribution in [0, 0.1) is 5.92 Å². The van der Waals surface area contributed by atoms with E-state index in [0.29, 0.717) is 17.3 Å². The molecule has 1 atom stereocenters. The molecular formula is C19H15ClN2O4. The molecule has 1 aliphatic heterocycles. The molecule has 26 heavy (non-hydrogen) atoms. The maximum atomic E-state index is 12.3. The van der Waals surface area contributed by atoms with Gasteiger partial charge in [0.25, 0.3) is 5.89 Å². The fourth-order valence-electron chi connectivity index (χ4n) is 2.78. The van der Waals surface area contributed by atoms with E-state index < -0.39 is 5.92 Å². The second kappa shape index (κ2) is 7.17. The molecule has 4 rings (SSSR count). The van der Waals surface area contributed by atoms with Gasteiger partial charge in [0.05, 0.1) is 5.92 Å². The van der Waals surface area contributed by atoms with Crippen LogP contribution in [0.25, 0.3) is 11.4 Å². The molecule has 0 saturated carbocycles. The van der Waals surface area contributed by atoms with Crippen LogP contribution < -0.4 is 4.74 Å². The molecule has 0 spiro atoms. The highest BCUT2D eigenvalue weighted by Crippen LogP contribution is 2.30. The van der Waals surface area contributed by atoms with Crippen molar-refractivity contribution in [2.24, 2.45) is 5.92 Å². The quantitative estimate of drug-likeness (QED) is 0.652. The van der Waals surface area contributed by atoms with Crippen LogP contribution in [0.5, 0.6) is 5.75 Å². The van der Waals surface area contributed by atoms with Crippen molar-refractivity contribution in [3.05, 3.63) is 65.0 Å². The van der Waals surface area contributed by atoms with Crippen molar-refractivity contribution >= 4 is 17.6 Å². The molecule has 0 saturated heterocycles. The van der Waals surface area contributed by atoms with E-state index in [0.717, 1.165) is 16.9 Å². The van der Waals surface area contributed by atoms with Gasteiger partial charge in [0.2, 0.25) is 5.82 Å². The summed E-state index contributed by atoms with van der Waals surface area (Å²) in [5, 5.41) is 4.51. The van der Waals surface area contributed by atoms with E-state index in [1.54, 1.807) is 12.1 Å². The first-order valence-electron chi connectivity index (χ1n) is 8.15. The van der Waals surface area contributed by atoms with Crippen LogP contribution in [0.1, 0.15) is 11.5 Å². The largest absolute Gasteiger partial charge is 0.492 e. The molecule has 3 aromatic rings. The second-order valence-electron chi connectivity index (χ2n) is 5.95. The number of benzene rings is 2. The van der Waals surface area contributed by atoms with Gasteiger partial charge in [-0.05, 0) is 30.2 Å². The van der Waals surface area contributed by atoms with Crippen LogP contribution in [-0.2, 0) is 22.6 Å². The van der Waals surface area contributed by atoms with Crippen LogP contribution in [-0.4, -0.2) is 22.7 Å². The molecule has 2 heterocycles. The standard InChI is InChI=1S/C19H15ClN2O4/c20-15-6-7-16-13(9-15)8-14(10-24-16)19(23)25-11-17-21-18(22-26-17)12-4-2-1-3-5-12/h1-7,9,14H,8,10-11H2/t14-/m0/s1. The van der Waals surface area contributed by atoms with E-state index >= 15 is 0 Å². The van der Waals surface area contributed by atoms with Gasteiger partial charge in [0.15, 0.2) is 6.61 Å². The normalized spacial score (nSPS) is 15.8. The summed E-state index contributed by atoms with van der Waals surface area (Å²) in [7, 11) is 0. The minimum atomic E-state index is -0.391. The summed E-state index contributed by atoms with van der Waals surface area (Å²) in [5.74, 6) is 0.703. The molecule has 6 nitrogen and oxygen atoms in total. The molecule has 0 fully saturated rings. The molecule has 132 valence electrons. The van der Waals surface area contributed by atoms with Crippen molar-refractivity contribution in [2.45, 2.75) is 13.0 Å². The number of carbonyl (C=O) groups excluding carboxylic acids is 1. The molecule has 0 amide bonds. The van der Waals surface area contributed by atoms with Gasteiger partial charge in [-0.1, -0.05) is 47.1 Å². The fourth-order valence-corrected chi connectivity index (χ4v) is 2.98. The van der Waals surface area contributed by atoms with Gasteiger partial charge in [-0.2, -0.15) is 4.98 Å². The van der Waals surface area contributed by atoms with Crippen molar-refractivity contribution < 1.29 is 18.8 Å². The summed E-state index contributed by atoms with van der Waals surface area (Å²) >= 11 is 6.00. The van der Waals surface area contributed by atoms with E-state index in [4.69, 9.17) is 25.6 Å². The van der Waals surface area contributed by atoms with Crippen LogP contribution >= 0.6 is 11.6 Å². The number of fused-ring (bicyclic) bond motifs is 1. The van der Waals surface area contributed by atoms with Crippen molar-refractivity contribution in [3.8, 4) is 17.1 Å².